The van der Waals surface area contributed by atoms with Crippen molar-refractivity contribution in [3.63, 3.8) is 0 Å². The Balaban J connectivity index is 2.01. The van der Waals surface area contributed by atoms with Crippen LogP contribution in [-0.2, 0) is 4.79 Å². The van der Waals surface area contributed by atoms with E-state index in [-0.39, 0.29) is 11.9 Å². The third kappa shape index (κ3) is 2.94. The van der Waals surface area contributed by atoms with E-state index >= 15 is 0 Å². The summed E-state index contributed by atoms with van der Waals surface area (Å²) >= 11 is 0. The van der Waals surface area contributed by atoms with Gasteiger partial charge in [0.2, 0.25) is 5.91 Å². The standard InChI is InChI=1S/C14H18N2O/c1-11-4-2-3-5-12(11)6-7-14(17)16-9-8-13(15)10-16/h2-7,13H,8-10,15H2,1H3/b7-6+. The van der Waals surface area contributed by atoms with Crippen molar-refractivity contribution in [1.29, 1.82) is 0 Å². The average Bonchev–Trinajstić information content (AvgIpc) is 2.74. The third-order valence-corrected chi connectivity index (χ3v) is 3.13. The first-order valence-electron chi connectivity index (χ1n) is 5.95. The molecule has 1 aliphatic heterocycles. The quantitative estimate of drug-likeness (QED) is 0.784. The van der Waals surface area contributed by atoms with Gasteiger partial charge in [0.15, 0.2) is 0 Å². The van der Waals surface area contributed by atoms with E-state index in [0.29, 0.717) is 6.54 Å². The lowest BCUT2D eigenvalue weighted by Crippen LogP contribution is -2.30. The van der Waals surface area contributed by atoms with Crippen LogP contribution in [0.5, 0.6) is 0 Å². The van der Waals surface area contributed by atoms with Gasteiger partial charge in [0.05, 0.1) is 0 Å². The van der Waals surface area contributed by atoms with Gasteiger partial charge < -0.3 is 10.6 Å². The van der Waals surface area contributed by atoms with Crippen molar-refractivity contribution in [2.75, 3.05) is 13.1 Å². The van der Waals surface area contributed by atoms with E-state index in [1.807, 2.05) is 37.3 Å². The molecule has 3 nitrogen and oxygen atoms in total. The summed E-state index contributed by atoms with van der Waals surface area (Å²) in [5, 5.41) is 0. The lowest BCUT2D eigenvalue weighted by molar-refractivity contribution is -0.124. The summed E-state index contributed by atoms with van der Waals surface area (Å²) in [6.07, 6.45) is 4.42. The smallest absolute Gasteiger partial charge is 0.246 e. The molecule has 1 heterocycles. The molecule has 0 aromatic heterocycles. The highest BCUT2D eigenvalue weighted by atomic mass is 16.2. The summed E-state index contributed by atoms with van der Waals surface area (Å²) in [5.74, 6) is 0.0567. The molecular weight excluding hydrogens is 212 g/mol. The maximum atomic E-state index is 11.9. The van der Waals surface area contributed by atoms with Crippen molar-refractivity contribution in [2.45, 2.75) is 19.4 Å². The molecule has 1 aromatic rings. The highest BCUT2D eigenvalue weighted by Crippen LogP contribution is 2.11. The van der Waals surface area contributed by atoms with Crippen LogP contribution < -0.4 is 5.73 Å². The molecule has 1 atom stereocenters. The van der Waals surface area contributed by atoms with E-state index in [9.17, 15) is 4.79 Å². The van der Waals surface area contributed by atoms with Crippen molar-refractivity contribution in [3.8, 4) is 0 Å². The summed E-state index contributed by atoms with van der Waals surface area (Å²) < 4.78 is 0. The van der Waals surface area contributed by atoms with Crippen molar-refractivity contribution in [1.82, 2.24) is 4.90 Å². The van der Waals surface area contributed by atoms with Crippen LogP contribution in [0.4, 0.5) is 0 Å². The lowest BCUT2D eigenvalue weighted by atomic mass is 10.1. The highest BCUT2D eigenvalue weighted by molar-refractivity contribution is 5.92. The Labute approximate surface area is 102 Å². The van der Waals surface area contributed by atoms with Gasteiger partial charge >= 0.3 is 0 Å². The molecule has 0 saturated carbocycles. The van der Waals surface area contributed by atoms with E-state index in [1.165, 1.54) is 5.56 Å². The summed E-state index contributed by atoms with van der Waals surface area (Å²) in [7, 11) is 0. The van der Waals surface area contributed by atoms with Crippen LogP contribution in [0.3, 0.4) is 0 Å². The monoisotopic (exact) mass is 230 g/mol. The largest absolute Gasteiger partial charge is 0.338 e. The van der Waals surface area contributed by atoms with Crippen molar-refractivity contribution >= 4 is 12.0 Å². The number of aryl methyl sites for hydroxylation is 1. The molecule has 1 aliphatic rings. The van der Waals surface area contributed by atoms with E-state index in [4.69, 9.17) is 5.73 Å². The predicted octanol–water partition coefficient (Wildman–Crippen LogP) is 1.57. The highest BCUT2D eigenvalue weighted by Gasteiger charge is 2.21. The van der Waals surface area contributed by atoms with Gasteiger partial charge in [-0.15, -0.1) is 0 Å². The van der Waals surface area contributed by atoms with Gasteiger partial charge in [0, 0.05) is 25.2 Å². The van der Waals surface area contributed by atoms with Crippen LogP contribution in [0, 0.1) is 6.92 Å². The summed E-state index contributed by atoms with van der Waals surface area (Å²) in [5.41, 5.74) is 8.04. The molecule has 1 aromatic carbocycles. The van der Waals surface area contributed by atoms with Gasteiger partial charge in [-0.1, -0.05) is 24.3 Å². The van der Waals surface area contributed by atoms with E-state index in [2.05, 4.69) is 0 Å². The van der Waals surface area contributed by atoms with Crippen molar-refractivity contribution in [2.24, 2.45) is 5.73 Å². The Bertz CT molecular complexity index is 440. The Morgan fingerprint density at radius 3 is 2.88 bits per heavy atom. The molecule has 3 heteroatoms. The molecule has 2 N–H and O–H groups in total. The molecule has 0 spiro atoms. The third-order valence-electron chi connectivity index (χ3n) is 3.13. The van der Waals surface area contributed by atoms with Gasteiger partial charge in [-0.05, 0) is 30.5 Å². The van der Waals surface area contributed by atoms with E-state index in [1.54, 1.807) is 11.0 Å². The second kappa shape index (κ2) is 5.15. The van der Waals surface area contributed by atoms with Gasteiger partial charge in [0.25, 0.3) is 0 Å². The molecule has 1 unspecified atom stereocenters. The number of hydrogen-bond acceptors (Lipinski definition) is 2. The number of nitrogens with two attached hydrogens (primary N) is 1. The zero-order valence-corrected chi connectivity index (χ0v) is 10.1. The first-order chi connectivity index (χ1) is 8.16. The molecule has 0 bridgehead atoms. The molecule has 0 radical (unpaired) electrons. The number of nitrogens with zero attached hydrogens (tertiary/aromatic N) is 1. The Morgan fingerprint density at radius 2 is 2.24 bits per heavy atom. The first-order valence-corrected chi connectivity index (χ1v) is 5.95. The molecule has 17 heavy (non-hydrogen) atoms. The van der Waals surface area contributed by atoms with Crippen LogP contribution in [0.1, 0.15) is 17.5 Å². The van der Waals surface area contributed by atoms with Gasteiger partial charge in [-0.25, -0.2) is 0 Å². The molecule has 1 fully saturated rings. The molecule has 1 amide bonds. The van der Waals surface area contributed by atoms with Crippen LogP contribution in [0.15, 0.2) is 30.3 Å². The number of rotatable bonds is 2. The van der Waals surface area contributed by atoms with Crippen LogP contribution >= 0.6 is 0 Å². The van der Waals surface area contributed by atoms with Crippen LogP contribution in [-0.4, -0.2) is 29.9 Å². The fourth-order valence-corrected chi connectivity index (χ4v) is 2.03. The van der Waals surface area contributed by atoms with E-state index in [0.717, 1.165) is 18.5 Å². The van der Waals surface area contributed by atoms with Gasteiger partial charge in [0.1, 0.15) is 0 Å². The fraction of sp³-hybridized carbons (Fsp3) is 0.357. The number of amides is 1. The minimum Gasteiger partial charge on any atom is -0.338 e. The van der Waals surface area contributed by atoms with E-state index < -0.39 is 0 Å². The van der Waals surface area contributed by atoms with Crippen molar-refractivity contribution < 1.29 is 4.79 Å². The first kappa shape index (κ1) is 11.9. The molecule has 0 aliphatic carbocycles. The molecular formula is C14H18N2O. The maximum Gasteiger partial charge on any atom is 0.246 e. The second-order valence-electron chi connectivity index (χ2n) is 4.52. The van der Waals surface area contributed by atoms with Crippen LogP contribution in [0.2, 0.25) is 0 Å². The summed E-state index contributed by atoms with van der Waals surface area (Å²) in [6.45, 7) is 3.49. The number of benzene rings is 1. The second-order valence-corrected chi connectivity index (χ2v) is 4.52. The Hall–Kier alpha value is -1.61. The minimum atomic E-state index is 0.0567. The zero-order chi connectivity index (χ0) is 12.3. The number of carbonyl (C=O) groups is 1. The summed E-state index contributed by atoms with van der Waals surface area (Å²) in [4.78, 5) is 13.7. The Morgan fingerprint density at radius 1 is 1.47 bits per heavy atom. The number of likely N-dealkylation sites (tertiary alicyclic amines) is 1. The van der Waals surface area contributed by atoms with Crippen LogP contribution in [0.25, 0.3) is 6.08 Å². The maximum absolute atomic E-state index is 11.9. The molecule has 2 rings (SSSR count). The van der Waals surface area contributed by atoms with Gasteiger partial charge in [-0.2, -0.15) is 0 Å². The lowest BCUT2D eigenvalue weighted by Gasteiger charge is -2.12. The predicted molar refractivity (Wildman–Crippen MR) is 69.4 cm³/mol. The molecule has 90 valence electrons. The number of carbonyl (C=O) groups excluding carboxylic acids is 1. The Kier molecular flexibility index (Phi) is 3.59. The SMILES string of the molecule is Cc1ccccc1/C=C/C(=O)N1CCC(N)C1. The minimum absolute atomic E-state index is 0.0567. The normalized spacial score (nSPS) is 20.1. The van der Waals surface area contributed by atoms with Gasteiger partial charge in [-0.3, -0.25) is 4.79 Å². The molecule has 1 saturated heterocycles. The number of hydrogen-bond donors (Lipinski definition) is 1. The van der Waals surface area contributed by atoms with Crippen molar-refractivity contribution in [3.05, 3.63) is 41.5 Å². The zero-order valence-electron chi connectivity index (χ0n) is 10.1. The topological polar surface area (TPSA) is 46.3 Å². The fourth-order valence-electron chi connectivity index (χ4n) is 2.03. The average molecular weight is 230 g/mol. The summed E-state index contributed by atoms with van der Waals surface area (Å²) in [6, 6.07) is 8.16.